The number of furan rings is 1. The molecule has 1 fully saturated rings. The molecule has 1 amide bonds. The van der Waals surface area contributed by atoms with Crippen LogP contribution < -0.4 is 10.6 Å². The summed E-state index contributed by atoms with van der Waals surface area (Å²) in [7, 11) is 0. The number of halogens is 1. The Hall–Kier alpha value is -3.17. The third-order valence-electron chi connectivity index (χ3n) is 7.40. The van der Waals surface area contributed by atoms with E-state index in [1.54, 1.807) is 24.3 Å². The molecule has 1 atom stereocenters. The molecule has 5 nitrogen and oxygen atoms in total. The molecule has 0 radical (unpaired) electrons. The minimum atomic E-state index is -0.532. The van der Waals surface area contributed by atoms with Gasteiger partial charge in [0.1, 0.15) is 5.58 Å². The summed E-state index contributed by atoms with van der Waals surface area (Å²) in [6.45, 7) is 0.857. The minimum absolute atomic E-state index is 0.0867. The zero-order valence-electron chi connectivity index (χ0n) is 18.6. The molecule has 1 aliphatic heterocycles. The van der Waals surface area contributed by atoms with Crippen molar-refractivity contribution in [3.63, 3.8) is 0 Å². The van der Waals surface area contributed by atoms with Gasteiger partial charge in [-0.05, 0) is 74.0 Å². The summed E-state index contributed by atoms with van der Waals surface area (Å²) in [5.41, 5.74) is 3.02. The molecule has 1 aromatic heterocycles. The normalized spacial score (nSPS) is 19.6. The van der Waals surface area contributed by atoms with Gasteiger partial charge in [-0.15, -0.1) is 0 Å². The van der Waals surface area contributed by atoms with Gasteiger partial charge in [-0.3, -0.25) is 10.1 Å². The Bertz CT molecular complexity index is 1220. The van der Waals surface area contributed by atoms with Crippen molar-refractivity contribution in [1.82, 2.24) is 5.32 Å². The van der Waals surface area contributed by atoms with E-state index in [2.05, 4.69) is 16.7 Å². The fraction of sp³-hybridized carbons (Fsp3) is 0.407. The number of hydrogen-bond donors (Lipinski definition) is 2. The Morgan fingerprint density at radius 1 is 1.21 bits per heavy atom. The van der Waals surface area contributed by atoms with Gasteiger partial charge in [0, 0.05) is 11.5 Å². The molecule has 2 aliphatic rings. The Morgan fingerprint density at radius 3 is 2.82 bits per heavy atom. The molecular weight excluding hydrogens is 417 g/mol. The predicted octanol–water partition coefficient (Wildman–Crippen LogP) is 6.00. The molecule has 5 rings (SSSR count). The second-order valence-corrected chi connectivity index (χ2v) is 9.36. The molecule has 2 N–H and O–H groups in total. The molecule has 170 valence electrons. The lowest BCUT2D eigenvalue weighted by Gasteiger charge is -2.37. The zero-order chi connectivity index (χ0) is 22.8. The van der Waals surface area contributed by atoms with Gasteiger partial charge in [0.25, 0.3) is 0 Å². The van der Waals surface area contributed by atoms with Crippen LogP contribution >= 0.6 is 0 Å². The monoisotopic (exact) mass is 445 g/mol. The maximum Gasteiger partial charge on any atom is 0.236 e. The third kappa shape index (κ3) is 4.14. The van der Waals surface area contributed by atoms with Crippen molar-refractivity contribution in [2.45, 2.75) is 57.4 Å². The van der Waals surface area contributed by atoms with Crippen LogP contribution in [0.4, 0.5) is 10.3 Å². The van der Waals surface area contributed by atoms with E-state index in [0.29, 0.717) is 16.5 Å². The zero-order valence-corrected chi connectivity index (χ0v) is 18.6. The topological polar surface area (TPSA) is 78.1 Å². The summed E-state index contributed by atoms with van der Waals surface area (Å²) < 4.78 is 20.5. The van der Waals surface area contributed by atoms with Gasteiger partial charge < -0.3 is 9.73 Å². The number of para-hydroxylation sites is 1. The molecule has 1 aliphatic carbocycles. The largest absolute Gasteiger partial charge is 0.437 e. The van der Waals surface area contributed by atoms with Crippen LogP contribution in [0.15, 0.2) is 46.9 Å². The number of nitrogens with one attached hydrogen (secondary N) is 2. The number of carbonyl (C=O) groups excluding carboxylic acids is 1. The summed E-state index contributed by atoms with van der Waals surface area (Å²) in [4.78, 5) is 13.5. The first kappa shape index (κ1) is 21.7. The van der Waals surface area contributed by atoms with E-state index in [1.165, 1.54) is 11.1 Å². The van der Waals surface area contributed by atoms with E-state index in [-0.39, 0.29) is 17.8 Å². The number of carbonyl (C=O) groups is 1. The summed E-state index contributed by atoms with van der Waals surface area (Å²) in [5.74, 6) is -0.742. The smallest absolute Gasteiger partial charge is 0.236 e. The molecule has 6 heteroatoms. The van der Waals surface area contributed by atoms with Crippen LogP contribution in [-0.4, -0.2) is 12.5 Å². The fourth-order valence-electron chi connectivity index (χ4n) is 5.55. The second-order valence-electron chi connectivity index (χ2n) is 9.36. The molecule has 3 aromatic rings. The van der Waals surface area contributed by atoms with Crippen molar-refractivity contribution in [1.29, 1.82) is 5.26 Å². The first-order valence-electron chi connectivity index (χ1n) is 11.8. The first-order chi connectivity index (χ1) is 16.1. The lowest BCUT2D eigenvalue weighted by atomic mass is 9.69. The lowest BCUT2D eigenvalue weighted by Crippen LogP contribution is -2.39. The van der Waals surface area contributed by atoms with Crippen LogP contribution in [0, 0.1) is 22.6 Å². The average Bonchev–Trinajstić information content (AvgIpc) is 3.18. The van der Waals surface area contributed by atoms with E-state index in [0.717, 1.165) is 57.9 Å². The van der Waals surface area contributed by atoms with Gasteiger partial charge in [0.05, 0.1) is 17.0 Å². The van der Waals surface area contributed by atoms with E-state index < -0.39 is 11.2 Å². The highest BCUT2D eigenvalue weighted by molar-refractivity contribution is 5.96. The number of amides is 1. The standard InChI is InChI=1S/C27H28FN3O2/c28-24-21-6-2-3-7-23(21)33-25(24)31-26(32)27(12-4-1-5-13-27)14-10-22-20-9-8-18(17-29)16-19(20)11-15-30-22/h2-3,6-9,16,22,30H,1,4-5,10-15H2,(H,31,32). The number of anilines is 1. The number of benzene rings is 2. The van der Waals surface area contributed by atoms with Crippen molar-refractivity contribution in [2.75, 3.05) is 11.9 Å². The van der Waals surface area contributed by atoms with Crippen LogP contribution in [0.25, 0.3) is 11.0 Å². The van der Waals surface area contributed by atoms with Crippen molar-refractivity contribution >= 4 is 22.8 Å². The maximum absolute atomic E-state index is 14.8. The maximum atomic E-state index is 14.8. The van der Waals surface area contributed by atoms with Crippen molar-refractivity contribution < 1.29 is 13.6 Å². The number of rotatable bonds is 5. The SMILES string of the molecule is N#Cc1ccc2c(c1)CCNC2CCC1(C(=O)Nc2oc3ccccc3c2F)CCCCC1. The third-order valence-corrected chi connectivity index (χ3v) is 7.40. The molecule has 0 spiro atoms. The highest BCUT2D eigenvalue weighted by Crippen LogP contribution is 2.44. The number of hydrogen-bond acceptors (Lipinski definition) is 4. The van der Waals surface area contributed by atoms with Gasteiger partial charge in [0.15, 0.2) is 5.82 Å². The lowest BCUT2D eigenvalue weighted by molar-refractivity contribution is -0.128. The highest BCUT2D eigenvalue weighted by Gasteiger charge is 2.40. The Kier molecular flexibility index (Phi) is 5.90. The van der Waals surface area contributed by atoms with E-state index in [9.17, 15) is 14.4 Å². The molecule has 1 saturated carbocycles. The summed E-state index contributed by atoms with van der Waals surface area (Å²) in [6, 6.07) is 15.2. The van der Waals surface area contributed by atoms with Crippen LogP contribution in [0.2, 0.25) is 0 Å². The number of nitriles is 1. The van der Waals surface area contributed by atoms with Gasteiger partial charge in [0.2, 0.25) is 11.8 Å². The number of nitrogens with zero attached hydrogens (tertiary/aromatic N) is 1. The van der Waals surface area contributed by atoms with Gasteiger partial charge in [-0.25, -0.2) is 4.39 Å². The average molecular weight is 446 g/mol. The fourth-order valence-corrected chi connectivity index (χ4v) is 5.55. The molecule has 0 bridgehead atoms. The Balaban J connectivity index is 1.36. The quantitative estimate of drug-likeness (QED) is 0.505. The van der Waals surface area contributed by atoms with Crippen molar-refractivity contribution in [3.8, 4) is 6.07 Å². The van der Waals surface area contributed by atoms with E-state index in [1.807, 2.05) is 18.2 Å². The number of fused-ring (bicyclic) bond motifs is 2. The molecular formula is C27H28FN3O2. The Labute approximate surface area is 193 Å². The Morgan fingerprint density at radius 2 is 2.03 bits per heavy atom. The minimum Gasteiger partial charge on any atom is -0.437 e. The van der Waals surface area contributed by atoms with Crippen LogP contribution in [0.1, 0.15) is 67.7 Å². The highest BCUT2D eigenvalue weighted by atomic mass is 19.1. The van der Waals surface area contributed by atoms with Gasteiger partial charge >= 0.3 is 0 Å². The predicted molar refractivity (Wildman–Crippen MR) is 125 cm³/mol. The van der Waals surface area contributed by atoms with Gasteiger partial charge in [-0.2, -0.15) is 5.26 Å². The molecule has 33 heavy (non-hydrogen) atoms. The molecule has 2 aromatic carbocycles. The van der Waals surface area contributed by atoms with Crippen molar-refractivity contribution in [3.05, 3.63) is 65.0 Å². The van der Waals surface area contributed by atoms with E-state index in [4.69, 9.17) is 4.42 Å². The summed E-state index contributed by atoms with van der Waals surface area (Å²) >= 11 is 0. The van der Waals surface area contributed by atoms with Crippen LogP contribution in [0.5, 0.6) is 0 Å². The van der Waals surface area contributed by atoms with Crippen LogP contribution in [0.3, 0.4) is 0 Å². The summed E-state index contributed by atoms with van der Waals surface area (Å²) in [6.07, 6.45) is 7.15. The van der Waals surface area contributed by atoms with Gasteiger partial charge in [-0.1, -0.05) is 37.5 Å². The molecule has 2 heterocycles. The van der Waals surface area contributed by atoms with Crippen molar-refractivity contribution in [2.24, 2.45) is 5.41 Å². The molecule has 0 saturated heterocycles. The van der Waals surface area contributed by atoms with Crippen LogP contribution in [-0.2, 0) is 11.2 Å². The second kappa shape index (κ2) is 8.99. The molecule has 1 unspecified atom stereocenters. The summed E-state index contributed by atoms with van der Waals surface area (Å²) in [5, 5.41) is 16.0. The first-order valence-corrected chi connectivity index (χ1v) is 11.8. The van der Waals surface area contributed by atoms with E-state index >= 15 is 0 Å².